The van der Waals surface area contributed by atoms with Crippen molar-refractivity contribution in [3.05, 3.63) is 46.9 Å². The minimum Gasteiger partial charge on any atom is -0.454 e. The number of furan rings is 1. The summed E-state index contributed by atoms with van der Waals surface area (Å²) in [5, 5.41) is 2.40. The van der Waals surface area contributed by atoms with Crippen molar-refractivity contribution in [1.29, 1.82) is 0 Å². The second-order valence-electron chi connectivity index (χ2n) is 4.00. The predicted octanol–water partition coefficient (Wildman–Crippen LogP) is 5.56. The van der Waals surface area contributed by atoms with Gasteiger partial charge in [-0.25, -0.2) is 0 Å². The molecule has 4 aromatic rings. The van der Waals surface area contributed by atoms with Crippen LogP contribution in [-0.4, -0.2) is 0 Å². The van der Waals surface area contributed by atoms with Gasteiger partial charge in [-0.2, -0.15) is 0 Å². The van der Waals surface area contributed by atoms with Crippen LogP contribution in [0, 0.1) is 0 Å². The number of thiophene rings is 1. The van der Waals surface area contributed by atoms with E-state index in [-0.39, 0.29) is 0 Å². The van der Waals surface area contributed by atoms with Crippen LogP contribution >= 0.6 is 27.3 Å². The van der Waals surface area contributed by atoms with E-state index in [2.05, 4.69) is 46.3 Å². The number of benzene rings is 2. The second-order valence-corrected chi connectivity index (χ2v) is 5.97. The summed E-state index contributed by atoms with van der Waals surface area (Å²) in [4.78, 5) is 0. The predicted molar refractivity (Wildman–Crippen MR) is 76.8 cm³/mol. The van der Waals surface area contributed by atoms with E-state index in [1.807, 2.05) is 12.1 Å². The van der Waals surface area contributed by atoms with Gasteiger partial charge in [-0.05, 0) is 30.3 Å². The van der Waals surface area contributed by atoms with Gasteiger partial charge in [-0.3, -0.25) is 0 Å². The van der Waals surface area contributed by atoms with Crippen molar-refractivity contribution in [2.24, 2.45) is 0 Å². The highest BCUT2D eigenvalue weighted by Crippen LogP contribution is 2.40. The number of hydrogen-bond donors (Lipinski definition) is 0. The van der Waals surface area contributed by atoms with Gasteiger partial charge >= 0.3 is 0 Å². The van der Waals surface area contributed by atoms with Crippen LogP contribution in [0.15, 0.2) is 51.4 Å². The van der Waals surface area contributed by atoms with E-state index >= 15 is 0 Å². The van der Waals surface area contributed by atoms with Crippen LogP contribution in [0.5, 0.6) is 0 Å². The van der Waals surface area contributed by atoms with Gasteiger partial charge < -0.3 is 4.42 Å². The average molecular weight is 303 g/mol. The quantitative estimate of drug-likeness (QED) is 0.414. The van der Waals surface area contributed by atoms with Crippen molar-refractivity contribution in [3.63, 3.8) is 0 Å². The third-order valence-corrected chi connectivity index (χ3v) is 4.63. The van der Waals surface area contributed by atoms with Crippen molar-refractivity contribution in [3.8, 4) is 0 Å². The molecule has 17 heavy (non-hydrogen) atoms. The van der Waals surface area contributed by atoms with E-state index in [1.54, 1.807) is 11.3 Å². The summed E-state index contributed by atoms with van der Waals surface area (Å²) < 4.78 is 9.56. The lowest BCUT2D eigenvalue weighted by molar-refractivity contribution is 0.673. The number of fused-ring (bicyclic) bond motifs is 5. The molecule has 2 aromatic carbocycles. The zero-order valence-corrected chi connectivity index (χ0v) is 11.1. The standard InChI is InChI=1S/C14H7BrOS/c15-8-5-6-11-10(7-8)14-13(16-11)9-3-1-2-4-12(9)17-14/h1-7H. The molecular formula is C14H7BrOS. The van der Waals surface area contributed by atoms with Gasteiger partial charge in [0.15, 0.2) is 5.58 Å². The van der Waals surface area contributed by atoms with Crippen molar-refractivity contribution in [2.45, 2.75) is 0 Å². The normalized spacial score (nSPS) is 11.8. The van der Waals surface area contributed by atoms with Gasteiger partial charge in [0.2, 0.25) is 0 Å². The van der Waals surface area contributed by atoms with Gasteiger partial charge in [0.05, 0.1) is 4.70 Å². The molecule has 82 valence electrons. The summed E-state index contributed by atoms with van der Waals surface area (Å²) in [5.74, 6) is 0. The fraction of sp³-hybridized carbons (Fsp3) is 0. The lowest BCUT2D eigenvalue weighted by Crippen LogP contribution is -1.64. The third-order valence-electron chi connectivity index (χ3n) is 2.95. The lowest BCUT2D eigenvalue weighted by atomic mass is 10.2. The van der Waals surface area contributed by atoms with Gasteiger partial charge in [0.25, 0.3) is 0 Å². The highest BCUT2D eigenvalue weighted by atomic mass is 79.9. The summed E-state index contributed by atoms with van der Waals surface area (Å²) in [7, 11) is 0. The van der Waals surface area contributed by atoms with Crippen LogP contribution in [-0.2, 0) is 0 Å². The molecule has 0 radical (unpaired) electrons. The molecule has 0 saturated heterocycles. The Bertz CT molecular complexity index is 856. The Labute approximate surface area is 110 Å². The maximum absolute atomic E-state index is 5.95. The molecule has 0 aliphatic rings. The monoisotopic (exact) mass is 302 g/mol. The number of rotatable bonds is 0. The van der Waals surface area contributed by atoms with Crippen molar-refractivity contribution in [2.75, 3.05) is 0 Å². The van der Waals surface area contributed by atoms with Crippen LogP contribution in [0.4, 0.5) is 0 Å². The molecule has 0 spiro atoms. The maximum Gasteiger partial charge on any atom is 0.154 e. The Morgan fingerprint density at radius 2 is 1.88 bits per heavy atom. The first kappa shape index (κ1) is 9.68. The van der Waals surface area contributed by atoms with Crippen molar-refractivity contribution >= 4 is 58.6 Å². The van der Waals surface area contributed by atoms with Gasteiger partial charge in [-0.1, -0.05) is 28.1 Å². The molecule has 0 atom stereocenters. The van der Waals surface area contributed by atoms with E-state index in [0.29, 0.717) is 0 Å². The van der Waals surface area contributed by atoms with E-state index in [0.717, 1.165) is 15.6 Å². The second kappa shape index (κ2) is 3.34. The van der Waals surface area contributed by atoms with Crippen LogP contribution in [0.1, 0.15) is 0 Å². The highest BCUT2D eigenvalue weighted by molar-refractivity contribution is 9.10. The zero-order chi connectivity index (χ0) is 11.4. The van der Waals surface area contributed by atoms with Gasteiger partial charge in [-0.15, -0.1) is 11.3 Å². The topological polar surface area (TPSA) is 13.1 Å². The molecular weight excluding hydrogens is 296 g/mol. The Morgan fingerprint density at radius 1 is 1.00 bits per heavy atom. The maximum atomic E-state index is 5.95. The Balaban J connectivity index is 2.30. The molecule has 0 saturated carbocycles. The smallest absolute Gasteiger partial charge is 0.154 e. The largest absolute Gasteiger partial charge is 0.454 e. The first-order valence-corrected chi connectivity index (χ1v) is 6.93. The minimum atomic E-state index is 0.959. The third kappa shape index (κ3) is 1.30. The summed E-state index contributed by atoms with van der Waals surface area (Å²) in [6, 6.07) is 14.5. The summed E-state index contributed by atoms with van der Waals surface area (Å²) in [6.45, 7) is 0. The fourth-order valence-electron chi connectivity index (χ4n) is 2.18. The van der Waals surface area contributed by atoms with Gasteiger partial charge in [0, 0.05) is 19.9 Å². The molecule has 0 N–H and O–H groups in total. The zero-order valence-electron chi connectivity index (χ0n) is 8.74. The number of hydrogen-bond acceptors (Lipinski definition) is 2. The molecule has 2 heterocycles. The Morgan fingerprint density at radius 3 is 2.82 bits per heavy atom. The molecule has 2 aromatic heterocycles. The summed E-state index contributed by atoms with van der Waals surface area (Å²) in [5.41, 5.74) is 1.97. The van der Waals surface area contributed by atoms with Crippen LogP contribution < -0.4 is 0 Å². The van der Waals surface area contributed by atoms with Crippen LogP contribution in [0.25, 0.3) is 31.3 Å². The molecule has 0 aliphatic carbocycles. The summed E-state index contributed by atoms with van der Waals surface area (Å²) >= 11 is 5.30. The van der Waals surface area contributed by atoms with Crippen molar-refractivity contribution in [1.82, 2.24) is 0 Å². The highest BCUT2D eigenvalue weighted by Gasteiger charge is 2.13. The molecule has 3 heteroatoms. The average Bonchev–Trinajstić information content (AvgIpc) is 2.85. The molecule has 0 fully saturated rings. The molecule has 0 unspecified atom stereocenters. The van der Waals surface area contributed by atoms with Crippen LogP contribution in [0.2, 0.25) is 0 Å². The Hall–Kier alpha value is -1.32. The molecule has 0 aliphatic heterocycles. The molecule has 0 amide bonds. The van der Waals surface area contributed by atoms with E-state index < -0.39 is 0 Å². The number of halogens is 1. The van der Waals surface area contributed by atoms with E-state index in [4.69, 9.17) is 4.42 Å². The fourth-order valence-corrected chi connectivity index (χ4v) is 3.69. The molecule has 1 nitrogen and oxygen atoms in total. The van der Waals surface area contributed by atoms with E-state index in [1.165, 1.54) is 20.2 Å². The van der Waals surface area contributed by atoms with Crippen LogP contribution in [0.3, 0.4) is 0 Å². The SMILES string of the molecule is Brc1ccc2oc3c4ccccc4sc3c2c1. The molecule has 4 rings (SSSR count). The minimum absolute atomic E-state index is 0.959. The summed E-state index contributed by atoms with van der Waals surface area (Å²) in [6.07, 6.45) is 0. The first-order valence-electron chi connectivity index (χ1n) is 5.32. The van der Waals surface area contributed by atoms with E-state index in [9.17, 15) is 0 Å². The molecule has 0 bridgehead atoms. The first-order chi connectivity index (χ1) is 8.33. The van der Waals surface area contributed by atoms with Gasteiger partial charge in [0.1, 0.15) is 5.58 Å². The van der Waals surface area contributed by atoms with Crippen molar-refractivity contribution < 1.29 is 4.42 Å². The Kier molecular flexibility index (Phi) is 1.90. The lowest BCUT2D eigenvalue weighted by Gasteiger charge is -1.90.